The van der Waals surface area contributed by atoms with E-state index in [0.717, 1.165) is 47.8 Å². The summed E-state index contributed by atoms with van der Waals surface area (Å²) in [6.45, 7) is 0. The molecule has 0 N–H and O–H groups in total. The smallest absolute Gasteiger partial charge is 0.0451 e. The second-order valence-electron chi connectivity index (χ2n) is 12.3. The van der Waals surface area contributed by atoms with Crippen molar-refractivity contribution in [1.82, 2.24) is 0 Å². The van der Waals surface area contributed by atoms with Gasteiger partial charge in [-0.05, 0) is 100 Å². The maximum atomic E-state index is 2.89. The van der Waals surface area contributed by atoms with E-state index in [1.807, 2.05) is 0 Å². The molecule has 2 aromatic rings. The van der Waals surface area contributed by atoms with Crippen molar-refractivity contribution in [2.45, 2.75) is 88.4 Å². The van der Waals surface area contributed by atoms with Crippen molar-refractivity contribution in [3.63, 3.8) is 0 Å². The Balaban J connectivity index is 1.22. The quantitative estimate of drug-likeness (QED) is 0.529. The average molecular weight is 425 g/mol. The predicted molar refractivity (Wildman–Crippen MR) is 132 cm³/mol. The highest BCUT2D eigenvalue weighted by Gasteiger charge is 2.49. The highest BCUT2D eigenvalue weighted by molar-refractivity contribution is 5.88. The summed E-state index contributed by atoms with van der Waals surface area (Å²) in [7, 11) is 0. The molecule has 0 atom stereocenters. The van der Waals surface area contributed by atoms with Crippen molar-refractivity contribution < 1.29 is 0 Å². The van der Waals surface area contributed by atoms with Crippen LogP contribution in [0.3, 0.4) is 0 Å². The number of hydrogen-bond acceptors (Lipinski definition) is 2. The van der Waals surface area contributed by atoms with Crippen molar-refractivity contribution in [2.75, 3.05) is 9.80 Å². The van der Waals surface area contributed by atoms with Gasteiger partial charge in [-0.2, -0.15) is 0 Å². The zero-order valence-corrected chi connectivity index (χ0v) is 19.2. The van der Waals surface area contributed by atoms with Crippen molar-refractivity contribution in [3.8, 4) is 11.1 Å². The van der Waals surface area contributed by atoms with Gasteiger partial charge < -0.3 is 9.80 Å². The molecule has 8 aliphatic rings. The Labute approximate surface area is 193 Å². The SMILES string of the molecule is c1ccc(N2C3CC4CC(C3)CC2C4)c(-c2ccccc2N2C3CC4CC(C3)CC2C4)c1. The molecule has 2 heteroatoms. The fourth-order valence-corrected chi connectivity index (χ4v) is 9.71. The lowest BCUT2D eigenvalue weighted by atomic mass is 9.63. The molecular weight excluding hydrogens is 388 g/mol. The summed E-state index contributed by atoms with van der Waals surface area (Å²) in [4.78, 5) is 5.79. The molecule has 0 amide bonds. The molecule has 0 spiro atoms. The molecule has 10 rings (SSSR count). The normalized spacial score (nSPS) is 41.0. The van der Waals surface area contributed by atoms with Crippen LogP contribution in [-0.2, 0) is 0 Å². The Morgan fingerprint density at radius 1 is 0.406 bits per heavy atom. The average Bonchev–Trinajstić information content (AvgIpc) is 2.78. The van der Waals surface area contributed by atoms with Crippen molar-refractivity contribution in [3.05, 3.63) is 48.5 Å². The van der Waals surface area contributed by atoms with Crippen LogP contribution in [0.15, 0.2) is 48.5 Å². The number of piperidine rings is 4. The van der Waals surface area contributed by atoms with Crippen LogP contribution >= 0.6 is 0 Å². The van der Waals surface area contributed by atoms with Crippen LogP contribution in [0.2, 0.25) is 0 Å². The van der Waals surface area contributed by atoms with Crippen molar-refractivity contribution in [1.29, 1.82) is 0 Å². The molecule has 0 unspecified atom stereocenters. The first-order valence-electron chi connectivity index (χ1n) is 13.5. The van der Waals surface area contributed by atoms with Gasteiger partial charge in [0.25, 0.3) is 0 Å². The van der Waals surface area contributed by atoms with Gasteiger partial charge >= 0.3 is 0 Å². The molecule has 2 aromatic carbocycles. The molecule has 4 aliphatic carbocycles. The van der Waals surface area contributed by atoms with Crippen molar-refractivity contribution in [2.24, 2.45) is 23.7 Å². The van der Waals surface area contributed by atoms with E-state index in [2.05, 4.69) is 58.3 Å². The van der Waals surface area contributed by atoms with Gasteiger partial charge in [0.05, 0.1) is 0 Å². The van der Waals surface area contributed by atoms with E-state index in [0.29, 0.717) is 0 Å². The summed E-state index contributed by atoms with van der Waals surface area (Å²) in [5, 5.41) is 0. The Bertz CT molecular complexity index is 901. The zero-order chi connectivity index (χ0) is 20.8. The summed E-state index contributed by atoms with van der Waals surface area (Å²) in [6, 6.07) is 22.0. The Kier molecular flexibility index (Phi) is 3.91. The van der Waals surface area contributed by atoms with Crippen LogP contribution in [0.5, 0.6) is 0 Å². The maximum absolute atomic E-state index is 2.89. The van der Waals surface area contributed by atoms with Gasteiger partial charge in [-0.15, -0.1) is 0 Å². The lowest BCUT2D eigenvalue weighted by molar-refractivity contribution is 0.0897. The molecule has 8 bridgehead atoms. The van der Waals surface area contributed by atoms with Gasteiger partial charge in [0.2, 0.25) is 0 Å². The number of rotatable bonds is 3. The van der Waals surface area contributed by atoms with Gasteiger partial charge in [0, 0.05) is 46.7 Å². The molecule has 0 aromatic heterocycles. The van der Waals surface area contributed by atoms with Gasteiger partial charge in [-0.1, -0.05) is 36.4 Å². The van der Waals surface area contributed by atoms with Crippen LogP contribution in [0.4, 0.5) is 11.4 Å². The van der Waals surface area contributed by atoms with Crippen LogP contribution in [0.25, 0.3) is 11.1 Å². The summed E-state index contributed by atoms with van der Waals surface area (Å²) in [5.41, 5.74) is 6.03. The van der Waals surface area contributed by atoms with Crippen LogP contribution in [-0.4, -0.2) is 24.2 Å². The number of hydrogen-bond donors (Lipinski definition) is 0. The molecular formula is C30H36N2. The lowest BCUT2D eigenvalue weighted by Crippen LogP contribution is -2.58. The number of nitrogens with zero attached hydrogens (tertiary/aromatic N) is 2. The minimum Gasteiger partial charge on any atom is -0.365 e. The lowest BCUT2D eigenvalue weighted by Gasteiger charge is -2.58. The molecule has 4 aliphatic heterocycles. The first-order valence-corrected chi connectivity index (χ1v) is 13.5. The molecule has 4 heterocycles. The van der Waals surface area contributed by atoms with E-state index in [1.165, 1.54) is 86.7 Å². The Hall–Kier alpha value is -1.96. The summed E-state index contributed by atoms with van der Waals surface area (Å²) in [6.07, 6.45) is 14.5. The molecule has 166 valence electrons. The maximum Gasteiger partial charge on any atom is 0.0451 e. The van der Waals surface area contributed by atoms with Crippen molar-refractivity contribution >= 4 is 11.4 Å². The van der Waals surface area contributed by atoms with Crippen LogP contribution in [0.1, 0.15) is 64.2 Å². The molecule has 4 saturated carbocycles. The monoisotopic (exact) mass is 424 g/mol. The van der Waals surface area contributed by atoms with Gasteiger partial charge in [-0.3, -0.25) is 0 Å². The third kappa shape index (κ3) is 2.65. The fraction of sp³-hybridized carbons (Fsp3) is 0.600. The fourth-order valence-electron chi connectivity index (χ4n) is 9.71. The Morgan fingerprint density at radius 3 is 1.06 bits per heavy atom. The van der Waals surface area contributed by atoms with Crippen LogP contribution in [0, 0.1) is 23.7 Å². The first-order chi connectivity index (χ1) is 15.8. The van der Waals surface area contributed by atoms with E-state index in [4.69, 9.17) is 0 Å². The van der Waals surface area contributed by atoms with E-state index in [-0.39, 0.29) is 0 Å². The number of benzene rings is 2. The second-order valence-corrected chi connectivity index (χ2v) is 12.3. The minimum absolute atomic E-state index is 0.779. The van der Waals surface area contributed by atoms with E-state index < -0.39 is 0 Å². The van der Waals surface area contributed by atoms with Crippen LogP contribution < -0.4 is 9.80 Å². The van der Waals surface area contributed by atoms with Gasteiger partial charge in [-0.25, -0.2) is 0 Å². The number of anilines is 2. The third-order valence-electron chi connectivity index (χ3n) is 10.4. The molecule has 0 radical (unpaired) electrons. The van der Waals surface area contributed by atoms with E-state index >= 15 is 0 Å². The van der Waals surface area contributed by atoms with E-state index in [1.54, 1.807) is 0 Å². The van der Waals surface area contributed by atoms with E-state index in [9.17, 15) is 0 Å². The highest BCUT2D eigenvalue weighted by Crippen LogP contribution is 2.54. The standard InChI is InChI=1S/C30H36N2/c1-3-7-29(31-23-11-19-9-20(13-23)14-24(31)12-19)27(5-1)28-6-2-4-8-30(28)32-25-15-21-10-22(17-25)18-26(32)16-21/h1-8,19-26H,9-18H2. The molecule has 2 nitrogen and oxygen atoms in total. The summed E-state index contributed by atoms with van der Waals surface area (Å²) >= 11 is 0. The largest absolute Gasteiger partial charge is 0.365 e. The predicted octanol–water partition coefficient (Wildman–Crippen LogP) is 6.89. The number of para-hydroxylation sites is 2. The molecule has 4 saturated heterocycles. The highest BCUT2D eigenvalue weighted by atomic mass is 15.2. The summed E-state index contributed by atoms with van der Waals surface area (Å²) in [5.74, 6) is 4.03. The molecule has 32 heavy (non-hydrogen) atoms. The zero-order valence-electron chi connectivity index (χ0n) is 19.2. The first kappa shape index (κ1) is 18.5. The Morgan fingerprint density at radius 2 is 0.719 bits per heavy atom. The summed E-state index contributed by atoms with van der Waals surface area (Å²) < 4.78 is 0. The van der Waals surface area contributed by atoms with Gasteiger partial charge in [0.15, 0.2) is 0 Å². The second kappa shape index (κ2) is 6.78. The van der Waals surface area contributed by atoms with Gasteiger partial charge in [0.1, 0.15) is 0 Å². The minimum atomic E-state index is 0.779. The molecule has 8 fully saturated rings. The topological polar surface area (TPSA) is 6.48 Å². The third-order valence-corrected chi connectivity index (χ3v) is 10.4.